The molecular weight excluding hydrogens is 348 g/mol. The summed E-state index contributed by atoms with van der Waals surface area (Å²) < 4.78 is 11.5. The Morgan fingerprint density at radius 3 is 2.93 bits per heavy atom. The van der Waals surface area contributed by atoms with Gasteiger partial charge in [-0.25, -0.2) is 0 Å². The van der Waals surface area contributed by atoms with Crippen molar-refractivity contribution in [1.82, 2.24) is 9.88 Å². The summed E-state index contributed by atoms with van der Waals surface area (Å²) in [4.78, 5) is 6.92. The van der Waals surface area contributed by atoms with Crippen LogP contribution in [0.2, 0.25) is 0 Å². The summed E-state index contributed by atoms with van der Waals surface area (Å²) in [5, 5.41) is 0. The van der Waals surface area contributed by atoms with E-state index < -0.39 is 0 Å². The van der Waals surface area contributed by atoms with E-state index in [1.807, 2.05) is 36.7 Å². The topological polar surface area (TPSA) is 34.6 Å². The van der Waals surface area contributed by atoms with E-state index in [0.29, 0.717) is 12.6 Å². The lowest BCUT2D eigenvalue weighted by atomic mass is 9.96. The Labute approximate surface area is 169 Å². The molecule has 28 heavy (non-hydrogen) atoms. The van der Waals surface area contributed by atoms with Gasteiger partial charge in [0.1, 0.15) is 0 Å². The second kappa shape index (κ2) is 10.9. The second-order valence-electron chi connectivity index (χ2n) is 7.37. The molecule has 3 rings (SSSR count). The third kappa shape index (κ3) is 5.59. The van der Waals surface area contributed by atoms with Gasteiger partial charge in [-0.15, -0.1) is 6.58 Å². The zero-order valence-corrected chi connectivity index (χ0v) is 17.0. The quantitative estimate of drug-likeness (QED) is 0.419. The van der Waals surface area contributed by atoms with Gasteiger partial charge < -0.3 is 9.47 Å². The highest BCUT2D eigenvalue weighted by Crippen LogP contribution is 2.31. The molecule has 1 atom stereocenters. The minimum Gasteiger partial charge on any atom is -0.493 e. The van der Waals surface area contributed by atoms with Crippen molar-refractivity contribution >= 4 is 0 Å². The first-order chi connectivity index (χ1) is 13.8. The summed E-state index contributed by atoms with van der Waals surface area (Å²) in [6.45, 7) is 6.79. The maximum atomic E-state index is 5.98. The third-order valence-corrected chi connectivity index (χ3v) is 5.39. The van der Waals surface area contributed by atoms with Crippen LogP contribution in [0.15, 0.2) is 55.4 Å². The number of hydrogen-bond donors (Lipinski definition) is 0. The van der Waals surface area contributed by atoms with Gasteiger partial charge in [-0.2, -0.15) is 0 Å². The summed E-state index contributed by atoms with van der Waals surface area (Å²) in [6, 6.07) is 10.9. The molecule has 0 amide bonds. The summed E-state index contributed by atoms with van der Waals surface area (Å²) in [7, 11) is 1.69. The smallest absolute Gasteiger partial charge is 0.161 e. The van der Waals surface area contributed by atoms with Crippen LogP contribution in [0.1, 0.15) is 49.3 Å². The predicted molar refractivity (Wildman–Crippen MR) is 114 cm³/mol. The van der Waals surface area contributed by atoms with Crippen LogP contribution in [0.25, 0.3) is 0 Å². The van der Waals surface area contributed by atoms with Gasteiger partial charge in [-0.05, 0) is 74.5 Å². The molecule has 2 aromatic rings. The van der Waals surface area contributed by atoms with Gasteiger partial charge >= 0.3 is 0 Å². The molecular formula is C24H32N2O2. The molecule has 1 aromatic carbocycles. The van der Waals surface area contributed by atoms with E-state index in [-0.39, 0.29) is 0 Å². The minimum atomic E-state index is 0.515. The number of methoxy groups -OCH3 is 1. The monoisotopic (exact) mass is 380 g/mol. The SMILES string of the molecule is C=CCc1ccc(OCCCCN2CCCC[C@H]2c2cccnc2)c(OC)c1. The Kier molecular flexibility index (Phi) is 7.92. The fourth-order valence-electron chi connectivity index (χ4n) is 3.93. The fraction of sp³-hybridized carbons (Fsp3) is 0.458. The molecule has 4 nitrogen and oxygen atoms in total. The van der Waals surface area contributed by atoms with E-state index in [4.69, 9.17) is 9.47 Å². The molecule has 1 fully saturated rings. The van der Waals surface area contributed by atoms with Crippen molar-refractivity contribution in [1.29, 1.82) is 0 Å². The lowest BCUT2D eigenvalue weighted by molar-refractivity contribution is 0.142. The lowest BCUT2D eigenvalue weighted by Crippen LogP contribution is -2.34. The zero-order chi connectivity index (χ0) is 19.6. The maximum absolute atomic E-state index is 5.98. The van der Waals surface area contributed by atoms with Gasteiger partial charge in [0.25, 0.3) is 0 Å². The van der Waals surface area contributed by atoms with Crippen LogP contribution < -0.4 is 9.47 Å². The lowest BCUT2D eigenvalue weighted by Gasteiger charge is -2.35. The molecule has 1 aromatic heterocycles. The second-order valence-corrected chi connectivity index (χ2v) is 7.37. The van der Waals surface area contributed by atoms with Crippen LogP contribution >= 0.6 is 0 Å². The normalized spacial score (nSPS) is 17.2. The van der Waals surface area contributed by atoms with Crippen molar-refractivity contribution in [2.75, 3.05) is 26.8 Å². The van der Waals surface area contributed by atoms with E-state index in [1.54, 1.807) is 7.11 Å². The van der Waals surface area contributed by atoms with Gasteiger partial charge in [0.05, 0.1) is 13.7 Å². The first-order valence-electron chi connectivity index (χ1n) is 10.4. The van der Waals surface area contributed by atoms with Gasteiger partial charge in [-0.1, -0.05) is 24.6 Å². The highest BCUT2D eigenvalue weighted by Gasteiger charge is 2.23. The average molecular weight is 381 g/mol. The molecule has 4 heteroatoms. The standard InChI is InChI=1S/C24H32N2O2/c1-3-9-20-12-13-23(24(18-20)27-2)28-17-7-6-16-26-15-5-4-11-22(26)21-10-8-14-25-19-21/h3,8,10,12-14,18-19,22H,1,4-7,9,11,15-17H2,2H3/t22-/m0/s1. The van der Waals surface area contributed by atoms with Crippen LogP contribution in [-0.2, 0) is 6.42 Å². The van der Waals surface area contributed by atoms with E-state index in [9.17, 15) is 0 Å². The van der Waals surface area contributed by atoms with Crippen molar-refractivity contribution in [3.63, 3.8) is 0 Å². The molecule has 1 aliphatic heterocycles. The van der Waals surface area contributed by atoms with Gasteiger partial charge in [-0.3, -0.25) is 9.88 Å². The number of pyridine rings is 1. The van der Waals surface area contributed by atoms with Crippen LogP contribution in [0.3, 0.4) is 0 Å². The first kappa shape index (κ1) is 20.4. The Morgan fingerprint density at radius 2 is 2.14 bits per heavy atom. The van der Waals surface area contributed by atoms with Gasteiger partial charge in [0, 0.05) is 18.4 Å². The Morgan fingerprint density at radius 1 is 1.21 bits per heavy atom. The molecule has 2 heterocycles. The van der Waals surface area contributed by atoms with Crippen LogP contribution in [0, 0.1) is 0 Å². The largest absolute Gasteiger partial charge is 0.493 e. The Hall–Kier alpha value is -2.33. The van der Waals surface area contributed by atoms with Gasteiger partial charge in [0.15, 0.2) is 11.5 Å². The van der Waals surface area contributed by atoms with Crippen molar-refractivity contribution in [3.05, 3.63) is 66.5 Å². The summed E-state index contributed by atoms with van der Waals surface area (Å²) >= 11 is 0. The third-order valence-electron chi connectivity index (χ3n) is 5.39. The molecule has 1 saturated heterocycles. The molecule has 0 bridgehead atoms. The van der Waals surface area contributed by atoms with Crippen LogP contribution in [0.4, 0.5) is 0 Å². The number of ether oxygens (including phenoxy) is 2. The highest BCUT2D eigenvalue weighted by molar-refractivity contribution is 5.43. The van der Waals surface area contributed by atoms with Gasteiger partial charge in [0.2, 0.25) is 0 Å². The molecule has 0 radical (unpaired) electrons. The molecule has 0 spiro atoms. The van der Waals surface area contributed by atoms with Crippen molar-refractivity contribution in [2.45, 2.75) is 44.6 Å². The van der Waals surface area contributed by atoms with Crippen molar-refractivity contribution in [3.8, 4) is 11.5 Å². The average Bonchev–Trinajstić information content (AvgIpc) is 2.75. The van der Waals surface area contributed by atoms with Crippen LogP contribution in [0.5, 0.6) is 11.5 Å². The highest BCUT2D eigenvalue weighted by atomic mass is 16.5. The predicted octanol–water partition coefficient (Wildman–Crippen LogP) is 5.20. The Balaban J connectivity index is 1.46. The molecule has 150 valence electrons. The number of aromatic nitrogens is 1. The molecule has 0 unspecified atom stereocenters. The number of hydrogen-bond acceptors (Lipinski definition) is 4. The fourth-order valence-corrected chi connectivity index (χ4v) is 3.93. The first-order valence-corrected chi connectivity index (χ1v) is 10.4. The minimum absolute atomic E-state index is 0.515. The number of unbranched alkanes of at least 4 members (excludes halogenated alkanes) is 1. The van der Waals surface area contributed by atoms with E-state index in [1.165, 1.54) is 36.9 Å². The molecule has 0 aliphatic carbocycles. The molecule has 1 aliphatic rings. The number of rotatable bonds is 10. The van der Waals surface area contributed by atoms with Crippen molar-refractivity contribution in [2.24, 2.45) is 0 Å². The number of nitrogens with zero attached hydrogens (tertiary/aromatic N) is 2. The number of likely N-dealkylation sites (tertiary alicyclic amines) is 1. The zero-order valence-electron chi connectivity index (χ0n) is 17.0. The van der Waals surface area contributed by atoms with E-state index in [2.05, 4.69) is 28.6 Å². The molecule has 0 N–H and O–H groups in total. The molecule has 0 saturated carbocycles. The number of allylic oxidation sites excluding steroid dienone is 1. The van der Waals surface area contributed by atoms with E-state index >= 15 is 0 Å². The number of benzene rings is 1. The van der Waals surface area contributed by atoms with E-state index in [0.717, 1.165) is 37.3 Å². The maximum Gasteiger partial charge on any atom is 0.161 e. The summed E-state index contributed by atoms with van der Waals surface area (Å²) in [5.41, 5.74) is 2.54. The summed E-state index contributed by atoms with van der Waals surface area (Å²) in [6.07, 6.45) is 12.6. The van der Waals surface area contributed by atoms with Crippen molar-refractivity contribution < 1.29 is 9.47 Å². The summed E-state index contributed by atoms with van der Waals surface area (Å²) in [5.74, 6) is 1.62. The number of piperidine rings is 1. The Bertz CT molecular complexity index is 733. The van der Waals surface area contributed by atoms with Crippen LogP contribution in [-0.4, -0.2) is 36.7 Å².